The number of H-pyrrole nitrogens is 2. The highest BCUT2D eigenvalue weighted by Crippen LogP contribution is 2.33. The first-order valence-corrected chi connectivity index (χ1v) is 12.9. The minimum atomic E-state index is -0.320. The van der Waals surface area contributed by atoms with Gasteiger partial charge in [0.05, 0.1) is 17.2 Å². The predicted molar refractivity (Wildman–Crippen MR) is 158 cm³/mol. The van der Waals surface area contributed by atoms with Gasteiger partial charge in [0, 0.05) is 34.1 Å². The number of benzene rings is 2. The van der Waals surface area contributed by atoms with Crippen LogP contribution in [0.25, 0.3) is 50.2 Å². The summed E-state index contributed by atoms with van der Waals surface area (Å²) in [7, 11) is 0. The molecular weight excluding hydrogens is 487 g/mol. The van der Waals surface area contributed by atoms with Crippen molar-refractivity contribution in [3.63, 3.8) is 0 Å². The molecule has 0 aliphatic carbocycles. The molecule has 0 saturated carbocycles. The zero-order valence-electron chi connectivity index (χ0n) is 22.3. The Morgan fingerprint density at radius 2 is 1.92 bits per heavy atom. The van der Waals surface area contributed by atoms with Gasteiger partial charge in [-0.05, 0) is 60.8 Å². The van der Waals surface area contributed by atoms with Crippen molar-refractivity contribution in [3.05, 3.63) is 109 Å². The van der Waals surface area contributed by atoms with Crippen molar-refractivity contribution < 1.29 is 4.39 Å². The summed E-state index contributed by atoms with van der Waals surface area (Å²) < 4.78 is 14.6. The first kappa shape index (κ1) is 25.9. The number of imidazole rings is 1. The molecule has 39 heavy (non-hydrogen) atoms. The molecule has 7 heteroatoms. The zero-order valence-corrected chi connectivity index (χ0v) is 22.3. The van der Waals surface area contributed by atoms with Gasteiger partial charge in [-0.25, -0.2) is 9.37 Å². The zero-order chi connectivity index (χ0) is 27.5. The minimum absolute atomic E-state index is 0.320. The van der Waals surface area contributed by atoms with Gasteiger partial charge in [-0.2, -0.15) is 5.10 Å². The molecule has 2 aromatic carbocycles. The first-order valence-electron chi connectivity index (χ1n) is 12.9. The van der Waals surface area contributed by atoms with Crippen LogP contribution in [-0.2, 0) is 0 Å². The van der Waals surface area contributed by atoms with E-state index in [4.69, 9.17) is 4.98 Å². The molecule has 0 saturated heterocycles. The Morgan fingerprint density at radius 3 is 2.67 bits per heavy atom. The number of hydrogen-bond donors (Lipinski definition) is 3. The van der Waals surface area contributed by atoms with E-state index in [1.165, 1.54) is 6.07 Å². The molecule has 0 unspecified atom stereocenters. The molecule has 6 nitrogen and oxygen atoms in total. The quantitative estimate of drug-likeness (QED) is 0.173. The average Bonchev–Trinajstić information content (AvgIpc) is 3.54. The highest BCUT2D eigenvalue weighted by atomic mass is 19.1. The molecule has 0 aliphatic heterocycles. The standard InChI is InChI=1S/C32H31FN6/c1-6-21(15-23(7-2)35-20(5)14-19(3)4)22-12-13-28-25(16-22)31(39-38-28)32-36-29-18-34-17-26(30(29)37-32)24-10-8-9-11-27(24)33/h6-13,15-19,35H,2,5,14H2,1,3-4H3,(H,36,37)(H,38,39)/b21-6+,23-15+. The largest absolute Gasteiger partial charge is 0.359 e. The second-order valence-electron chi connectivity index (χ2n) is 9.86. The molecule has 5 aromatic rings. The van der Waals surface area contributed by atoms with E-state index in [1.54, 1.807) is 36.7 Å². The van der Waals surface area contributed by atoms with Gasteiger partial charge in [0.1, 0.15) is 17.0 Å². The van der Waals surface area contributed by atoms with Crippen molar-refractivity contribution >= 4 is 27.5 Å². The van der Waals surface area contributed by atoms with Gasteiger partial charge in [0.15, 0.2) is 5.82 Å². The molecule has 0 atom stereocenters. The highest BCUT2D eigenvalue weighted by Gasteiger charge is 2.17. The SMILES string of the molecule is C=C/C(=C\C(=C/C)c1ccc2[nH]nc(-c3nc4c(-c5ccccc5F)cncc4[nH]3)c2c1)NC(=C)CC(C)C. The Labute approximate surface area is 227 Å². The van der Waals surface area contributed by atoms with Gasteiger partial charge in [0.2, 0.25) is 0 Å². The van der Waals surface area contributed by atoms with Crippen LogP contribution in [-0.4, -0.2) is 25.1 Å². The van der Waals surface area contributed by atoms with Crippen molar-refractivity contribution in [2.45, 2.75) is 27.2 Å². The van der Waals surface area contributed by atoms with Crippen molar-refractivity contribution in [3.8, 4) is 22.6 Å². The smallest absolute Gasteiger partial charge is 0.159 e. The van der Waals surface area contributed by atoms with Crippen LogP contribution in [0.5, 0.6) is 0 Å². The van der Waals surface area contributed by atoms with Crippen LogP contribution in [0.4, 0.5) is 4.39 Å². The maximum atomic E-state index is 14.6. The summed E-state index contributed by atoms with van der Waals surface area (Å²) in [5, 5.41) is 12.0. The number of aromatic amines is 2. The predicted octanol–water partition coefficient (Wildman–Crippen LogP) is 7.93. The monoisotopic (exact) mass is 518 g/mol. The highest BCUT2D eigenvalue weighted by molar-refractivity contribution is 5.98. The Balaban J connectivity index is 1.54. The van der Waals surface area contributed by atoms with Gasteiger partial charge in [-0.3, -0.25) is 10.1 Å². The van der Waals surface area contributed by atoms with Crippen LogP contribution in [0.3, 0.4) is 0 Å². The molecule has 0 fully saturated rings. The van der Waals surface area contributed by atoms with Crippen molar-refractivity contribution in [2.24, 2.45) is 5.92 Å². The van der Waals surface area contributed by atoms with E-state index in [0.29, 0.717) is 39.6 Å². The second-order valence-corrected chi connectivity index (χ2v) is 9.86. The van der Waals surface area contributed by atoms with E-state index in [9.17, 15) is 4.39 Å². The van der Waals surface area contributed by atoms with E-state index < -0.39 is 0 Å². The van der Waals surface area contributed by atoms with Crippen LogP contribution < -0.4 is 5.32 Å². The molecule has 196 valence electrons. The molecule has 3 aromatic heterocycles. The Morgan fingerprint density at radius 1 is 1.10 bits per heavy atom. The number of nitrogens with zero attached hydrogens (tertiary/aromatic N) is 3. The van der Waals surface area contributed by atoms with Crippen molar-refractivity contribution in [1.29, 1.82) is 0 Å². The Kier molecular flexibility index (Phi) is 7.23. The molecule has 3 heterocycles. The molecule has 0 amide bonds. The van der Waals surface area contributed by atoms with Crippen LogP contribution in [0, 0.1) is 11.7 Å². The van der Waals surface area contributed by atoms with E-state index in [0.717, 1.165) is 39.9 Å². The first-order chi connectivity index (χ1) is 18.9. The third-order valence-corrected chi connectivity index (χ3v) is 6.50. The van der Waals surface area contributed by atoms with Crippen molar-refractivity contribution in [2.75, 3.05) is 0 Å². The fourth-order valence-corrected chi connectivity index (χ4v) is 4.69. The summed E-state index contributed by atoms with van der Waals surface area (Å²) >= 11 is 0. The second kappa shape index (κ2) is 10.9. The molecule has 0 radical (unpaired) electrons. The van der Waals surface area contributed by atoms with Gasteiger partial charge >= 0.3 is 0 Å². The van der Waals surface area contributed by atoms with Crippen LogP contribution in [0.1, 0.15) is 32.8 Å². The number of allylic oxidation sites excluding steroid dienone is 5. The molecule has 0 aliphatic rings. The number of fused-ring (bicyclic) bond motifs is 2. The molecular formula is C32H31FN6. The molecule has 5 rings (SSSR count). The third kappa shape index (κ3) is 5.29. The van der Waals surface area contributed by atoms with Gasteiger partial charge < -0.3 is 10.3 Å². The average molecular weight is 519 g/mol. The number of nitrogens with one attached hydrogen (secondary N) is 3. The summed E-state index contributed by atoms with van der Waals surface area (Å²) in [5.41, 5.74) is 7.86. The van der Waals surface area contributed by atoms with E-state index in [1.807, 2.05) is 13.0 Å². The van der Waals surface area contributed by atoms with Crippen LogP contribution >= 0.6 is 0 Å². The lowest BCUT2D eigenvalue weighted by molar-refractivity contribution is 0.622. The van der Waals surface area contributed by atoms with Gasteiger partial charge in [-0.15, -0.1) is 0 Å². The van der Waals surface area contributed by atoms with E-state index >= 15 is 0 Å². The Bertz CT molecular complexity index is 1750. The lowest BCUT2D eigenvalue weighted by Crippen LogP contribution is -2.12. The molecule has 0 spiro atoms. The third-order valence-electron chi connectivity index (χ3n) is 6.50. The number of pyridine rings is 1. The fourth-order valence-electron chi connectivity index (χ4n) is 4.69. The maximum Gasteiger partial charge on any atom is 0.159 e. The summed E-state index contributed by atoms with van der Waals surface area (Å²) in [5.74, 6) is 0.769. The van der Waals surface area contributed by atoms with E-state index in [2.05, 4.69) is 76.8 Å². The van der Waals surface area contributed by atoms with Gasteiger partial charge in [-0.1, -0.05) is 57.3 Å². The summed E-state index contributed by atoms with van der Waals surface area (Å²) in [4.78, 5) is 12.5. The Hall–Kier alpha value is -4.78. The van der Waals surface area contributed by atoms with Crippen molar-refractivity contribution in [1.82, 2.24) is 30.5 Å². The summed E-state index contributed by atoms with van der Waals surface area (Å²) in [6, 6.07) is 12.8. The van der Waals surface area contributed by atoms with Crippen LogP contribution in [0.15, 0.2) is 97.6 Å². The number of halogens is 1. The lowest BCUT2D eigenvalue weighted by atomic mass is 10.0. The number of hydrogen-bond acceptors (Lipinski definition) is 4. The minimum Gasteiger partial charge on any atom is -0.359 e. The molecule has 0 bridgehead atoms. The topological polar surface area (TPSA) is 82.3 Å². The normalized spacial score (nSPS) is 12.4. The number of aromatic nitrogens is 5. The van der Waals surface area contributed by atoms with E-state index in [-0.39, 0.29) is 5.82 Å². The summed E-state index contributed by atoms with van der Waals surface area (Å²) in [6.07, 6.45) is 10.1. The van der Waals surface area contributed by atoms with Crippen LogP contribution in [0.2, 0.25) is 0 Å². The number of rotatable bonds is 9. The fraction of sp³-hybridized carbons (Fsp3) is 0.156. The van der Waals surface area contributed by atoms with Gasteiger partial charge in [0.25, 0.3) is 0 Å². The molecule has 3 N–H and O–H groups in total. The maximum absolute atomic E-state index is 14.6. The lowest BCUT2D eigenvalue weighted by Gasteiger charge is -2.13. The summed E-state index contributed by atoms with van der Waals surface area (Å²) in [6.45, 7) is 14.5.